The fourth-order valence-electron chi connectivity index (χ4n) is 5.11. The van der Waals surface area contributed by atoms with E-state index >= 15 is 0 Å². The van der Waals surface area contributed by atoms with Crippen molar-refractivity contribution in [1.29, 1.82) is 0 Å². The number of benzene rings is 1. The van der Waals surface area contributed by atoms with Gasteiger partial charge in [-0.25, -0.2) is 14.4 Å². The second-order valence-electron chi connectivity index (χ2n) is 9.47. The van der Waals surface area contributed by atoms with Gasteiger partial charge in [-0.05, 0) is 62.3 Å². The third-order valence-corrected chi connectivity index (χ3v) is 7.38. The fourth-order valence-corrected chi connectivity index (χ4v) is 5.11. The van der Waals surface area contributed by atoms with Crippen molar-refractivity contribution in [2.24, 2.45) is 5.92 Å². The van der Waals surface area contributed by atoms with E-state index < -0.39 is 0 Å². The summed E-state index contributed by atoms with van der Waals surface area (Å²) in [5.41, 5.74) is 3.43. The van der Waals surface area contributed by atoms with Gasteiger partial charge < -0.3 is 20.3 Å². The molecule has 0 bridgehead atoms. The monoisotopic (exact) mass is 439 g/mol. The van der Waals surface area contributed by atoms with Crippen molar-refractivity contribution in [1.82, 2.24) is 20.2 Å². The quantitative estimate of drug-likeness (QED) is 0.675. The number of hydrogen-bond donors (Lipinski definition) is 2. The zero-order valence-electron chi connectivity index (χ0n) is 18.9. The summed E-state index contributed by atoms with van der Waals surface area (Å²) in [7, 11) is 0. The molecule has 32 heavy (non-hydrogen) atoms. The Morgan fingerprint density at radius 1 is 1.25 bits per heavy atom. The lowest BCUT2D eigenvalue weighted by molar-refractivity contribution is -0.0284. The molecule has 7 heteroatoms. The number of ether oxygens (including phenoxy) is 1. The summed E-state index contributed by atoms with van der Waals surface area (Å²) in [6.45, 7) is 6.52. The molecule has 2 aliphatic heterocycles. The summed E-state index contributed by atoms with van der Waals surface area (Å²) < 4.78 is 20.8. The maximum atomic E-state index is 14.7. The van der Waals surface area contributed by atoms with Crippen LogP contribution in [-0.4, -0.2) is 46.6 Å². The Hall–Kier alpha value is -2.09. The first-order valence-electron chi connectivity index (χ1n) is 12.1. The second-order valence-corrected chi connectivity index (χ2v) is 9.47. The van der Waals surface area contributed by atoms with Crippen molar-refractivity contribution < 1.29 is 9.13 Å². The van der Waals surface area contributed by atoms with E-state index in [1.165, 1.54) is 30.9 Å². The van der Waals surface area contributed by atoms with E-state index in [1.54, 1.807) is 6.07 Å². The summed E-state index contributed by atoms with van der Waals surface area (Å²) in [5, 5.41) is 6.44. The lowest BCUT2D eigenvalue weighted by Crippen LogP contribution is -2.49. The number of hydrogen-bond acceptors (Lipinski definition) is 6. The molecule has 1 saturated heterocycles. The first kappa shape index (κ1) is 21.7. The lowest BCUT2D eigenvalue weighted by atomic mass is 9.77. The van der Waals surface area contributed by atoms with Crippen molar-refractivity contribution in [3.8, 4) is 0 Å². The van der Waals surface area contributed by atoms with E-state index in [2.05, 4.69) is 32.4 Å². The second kappa shape index (κ2) is 9.81. The first-order chi connectivity index (χ1) is 15.7. The number of aromatic nitrogens is 2. The highest BCUT2D eigenvalue weighted by Crippen LogP contribution is 2.35. The standard InChI is InChI=1S/C25H34FN5O/c1-2-17-11-21(12-17)31-9-6-22(7-10-31)32-16-19-3-4-20(13-23(19)26)29-25-28-14-18-5-8-27-15-24(18)30-25/h3-4,13-14,17,21-22,27H,2,5-12,15-16H2,1H3,(H,28,29,30). The average Bonchev–Trinajstić information content (AvgIpc) is 2.79. The molecule has 5 rings (SSSR count). The van der Waals surface area contributed by atoms with Gasteiger partial charge in [0.05, 0.1) is 18.4 Å². The number of nitrogens with one attached hydrogen (secondary N) is 2. The van der Waals surface area contributed by atoms with Gasteiger partial charge in [0, 0.05) is 43.1 Å². The highest BCUT2D eigenvalue weighted by atomic mass is 19.1. The minimum Gasteiger partial charge on any atom is -0.373 e. The van der Waals surface area contributed by atoms with E-state index in [9.17, 15) is 4.39 Å². The van der Waals surface area contributed by atoms with E-state index in [-0.39, 0.29) is 11.9 Å². The number of piperidine rings is 1. The topological polar surface area (TPSA) is 62.3 Å². The fraction of sp³-hybridized carbons (Fsp3) is 0.600. The van der Waals surface area contributed by atoms with Crippen LogP contribution in [0.25, 0.3) is 0 Å². The summed E-state index contributed by atoms with van der Waals surface area (Å²) in [5.74, 6) is 1.18. The Kier molecular flexibility index (Phi) is 6.67. The van der Waals surface area contributed by atoms with Gasteiger partial charge >= 0.3 is 0 Å². The van der Waals surface area contributed by atoms with Gasteiger partial charge in [-0.15, -0.1) is 0 Å². The van der Waals surface area contributed by atoms with Gasteiger partial charge in [0.2, 0.25) is 5.95 Å². The van der Waals surface area contributed by atoms with Gasteiger partial charge in [0.15, 0.2) is 0 Å². The summed E-state index contributed by atoms with van der Waals surface area (Å²) in [6, 6.07) is 5.95. The molecule has 0 radical (unpaired) electrons. The zero-order valence-corrected chi connectivity index (χ0v) is 18.9. The molecule has 0 spiro atoms. The smallest absolute Gasteiger partial charge is 0.227 e. The zero-order chi connectivity index (χ0) is 21.9. The van der Waals surface area contributed by atoms with Crippen LogP contribution in [0.4, 0.5) is 16.0 Å². The number of likely N-dealkylation sites (tertiary alicyclic amines) is 1. The lowest BCUT2D eigenvalue weighted by Gasteiger charge is -2.45. The van der Waals surface area contributed by atoms with E-state index in [0.717, 1.165) is 63.1 Å². The van der Waals surface area contributed by atoms with Gasteiger partial charge in [-0.1, -0.05) is 19.4 Å². The van der Waals surface area contributed by atoms with Gasteiger partial charge in [-0.2, -0.15) is 0 Å². The molecule has 0 unspecified atom stereocenters. The number of halogens is 1. The van der Waals surface area contributed by atoms with Crippen molar-refractivity contribution in [2.45, 2.75) is 70.7 Å². The van der Waals surface area contributed by atoms with Crippen LogP contribution >= 0.6 is 0 Å². The summed E-state index contributed by atoms with van der Waals surface area (Å²) >= 11 is 0. The van der Waals surface area contributed by atoms with Crippen LogP contribution in [0.3, 0.4) is 0 Å². The van der Waals surface area contributed by atoms with Crippen LogP contribution in [0.5, 0.6) is 0 Å². The largest absolute Gasteiger partial charge is 0.373 e. The molecule has 6 nitrogen and oxygen atoms in total. The van der Waals surface area contributed by atoms with Crippen LogP contribution in [0.1, 0.15) is 55.8 Å². The molecule has 1 saturated carbocycles. The molecule has 1 aromatic carbocycles. The SMILES string of the molecule is CCC1CC(N2CCC(OCc3ccc(Nc4ncc5c(n4)CNCC5)cc3F)CC2)C1. The van der Waals surface area contributed by atoms with E-state index in [1.807, 2.05) is 12.3 Å². The average molecular weight is 440 g/mol. The highest BCUT2D eigenvalue weighted by molar-refractivity contribution is 5.54. The molecule has 1 aromatic heterocycles. The maximum Gasteiger partial charge on any atom is 0.227 e. The third-order valence-electron chi connectivity index (χ3n) is 7.38. The minimum absolute atomic E-state index is 0.225. The molecule has 172 valence electrons. The number of fused-ring (bicyclic) bond motifs is 1. The van der Waals surface area contributed by atoms with Crippen molar-refractivity contribution >= 4 is 11.6 Å². The Balaban J connectivity index is 1.10. The van der Waals surface area contributed by atoms with Crippen molar-refractivity contribution in [3.05, 3.63) is 47.0 Å². The number of rotatable bonds is 7. The van der Waals surface area contributed by atoms with E-state index in [0.29, 0.717) is 23.8 Å². The summed E-state index contributed by atoms with van der Waals surface area (Å²) in [4.78, 5) is 11.6. The molecule has 0 atom stereocenters. The summed E-state index contributed by atoms with van der Waals surface area (Å²) in [6.07, 6.45) is 9.15. The minimum atomic E-state index is -0.257. The molecule has 2 aromatic rings. The van der Waals surface area contributed by atoms with Crippen LogP contribution < -0.4 is 10.6 Å². The van der Waals surface area contributed by atoms with Crippen LogP contribution in [-0.2, 0) is 24.3 Å². The highest BCUT2D eigenvalue weighted by Gasteiger charge is 2.34. The van der Waals surface area contributed by atoms with Crippen LogP contribution in [0.2, 0.25) is 0 Å². The molecule has 3 heterocycles. The predicted molar refractivity (Wildman–Crippen MR) is 123 cm³/mol. The molecular formula is C25H34FN5O. The third kappa shape index (κ3) is 4.95. The Morgan fingerprint density at radius 3 is 2.88 bits per heavy atom. The number of anilines is 2. The maximum absolute atomic E-state index is 14.7. The van der Waals surface area contributed by atoms with Crippen LogP contribution in [0, 0.1) is 11.7 Å². The number of nitrogens with zero attached hydrogens (tertiary/aromatic N) is 3. The molecule has 2 N–H and O–H groups in total. The van der Waals surface area contributed by atoms with E-state index in [4.69, 9.17) is 4.74 Å². The van der Waals surface area contributed by atoms with Crippen LogP contribution in [0.15, 0.2) is 24.4 Å². The molecule has 3 aliphatic rings. The van der Waals surface area contributed by atoms with Gasteiger partial charge in [0.1, 0.15) is 5.82 Å². The molecular weight excluding hydrogens is 405 g/mol. The Labute approximate surface area is 190 Å². The van der Waals surface area contributed by atoms with Gasteiger partial charge in [-0.3, -0.25) is 0 Å². The predicted octanol–water partition coefficient (Wildman–Crippen LogP) is 4.17. The Morgan fingerprint density at radius 2 is 2.09 bits per heavy atom. The molecule has 1 aliphatic carbocycles. The van der Waals surface area contributed by atoms with Crippen molar-refractivity contribution in [3.63, 3.8) is 0 Å². The molecule has 0 amide bonds. The van der Waals surface area contributed by atoms with Gasteiger partial charge in [0.25, 0.3) is 0 Å². The Bertz CT molecular complexity index is 925. The van der Waals surface area contributed by atoms with Crippen molar-refractivity contribution in [2.75, 3.05) is 25.0 Å². The normalized spacial score (nSPS) is 24.1. The first-order valence-corrected chi connectivity index (χ1v) is 12.1. The molecule has 2 fully saturated rings.